The Balaban J connectivity index is 1.70. The van der Waals surface area contributed by atoms with Crippen molar-refractivity contribution in [2.45, 2.75) is 25.9 Å². The van der Waals surface area contributed by atoms with Gasteiger partial charge < -0.3 is 10.6 Å². The van der Waals surface area contributed by atoms with Crippen LogP contribution in [0.5, 0.6) is 0 Å². The number of carbonyl (C=O) groups is 2. The fourth-order valence-electron chi connectivity index (χ4n) is 3.09. The SMILES string of the molecule is CC(=O)Nc1ccc(NC(=O)C(C)NC(c2ccccc2)c2ccccc2)cc1. The molecule has 0 aromatic heterocycles. The van der Waals surface area contributed by atoms with Crippen LogP contribution >= 0.6 is 0 Å². The fraction of sp³-hybridized carbons (Fsp3) is 0.167. The first-order chi connectivity index (χ1) is 14.0. The number of anilines is 2. The number of hydrogen-bond acceptors (Lipinski definition) is 3. The summed E-state index contributed by atoms with van der Waals surface area (Å²) in [5.74, 6) is -0.262. The predicted octanol–water partition coefficient (Wildman–Crippen LogP) is 4.35. The van der Waals surface area contributed by atoms with Crippen LogP contribution in [0.15, 0.2) is 84.9 Å². The molecule has 3 aromatic carbocycles. The highest BCUT2D eigenvalue weighted by molar-refractivity contribution is 5.95. The van der Waals surface area contributed by atoms with E-state index in [9.17, 15) is 9.59 Å². The van der Waals surface area contributed by atoms with E-state index in [4.69, 9.17) is 0 Å². The summed E-state index contributed by atoms with van der Waals surface area (Å²) >= 11 is 0. The summed E-state index contributed by atoms with van der Waals surface area (Å²) in [7, 11) is 0. The largest absolute Gasteiger partial charge is 0.326 e. The molecule has 0 fully saturated rings. The van der Waals surface area contributed by atoms with Gasteiger partial charge in [-0.05, 0) is 42.3 Å². The quantitative estimate of drug-likeness (QED) is 0.564. The lowest BCUT2D eigenvalue weighted by atomic mass is 9.98. The minimum absolute atomic E-state index is 0.0970. The first kappa shape index (κ1) is 20.3. The van der Waals surface area contributed by atoms with Crippen molar-refractivity contribution in [3.05, 3.63) is 96.1 Å². The van der Waals surface area contributed by atoms with Crippen LogP contribution in [-0.4, -0.2) is 17.9 Å². The average molecular weight is 387 g/mol. The normalized spacial score (nSPS) is 11.7. The predicted molar refractivity (Wildman–Crippen MR) is 117 cm³/mol. The zero-order valence-corrected chi connectivity index (χ0v) is 16.6. The minimum atomic E-state index is -0.421. The summed E-state index contributed by atoms with van der Waals surface area (Å²) in [5, 5.41) is 9.06. The zero-order chi connectivity index (χ0) is 20.6. The van der Waals surface area contributed by atoms with Crippen molar-refractivity contribution in [2.24, 2.45) is 0 Å². The Bertz CT molecular complexity index is 901. The van der Waals surface area contributed by atoms with E-state index in [-0.39, 0.29) is 17.9 Å². The maximum atomic E-state index is 12.7. The van der Waals surface area contributed by atoms with Crippen LogP contribution in [0, 0.1) is 0 Å². The molecule has 1 atom stereocenters. The van der Waals surface area contributed by atoms with Crippen molar-refractivity contribution in [1.29, 1.82) is 0 Å². The van der Waals surface area contributed by atoms with Gasteiger partial charge in [-0.3, -0.25) is 14.9 Å². The average Bonchev–Trinajstić information content (AvgIpc) is 2.74. The smallest absolute Gasteiger partial charge is 0.241 e. The minimum Gasteiger partial charge on any atom is -0.326 e. The highest BCUT2D eigenvalue weighted by atomic mass is 16.2. The van der Waals surface area contributed by atoms with Gasteiger partial charge in [0.1, 0.15) is 0 Å². The highest BCUT2D eigenvalue weighted by Crippen LogP contribution is 2.22. The summed E-state index contributed by atoms with van der Waals surface area (Å²) in [5.41, 5.74) is 3.56. The molecule has 0 aliphatic carbocycles. The third-order valence-electron chi connectivity index (χ3n) is 4.55. The van der Waals surface area contributed by atoms with Crippen molar-refractivity contribution in [3.8, 4) is 0 Å². The molecule has 0 saturated heterocycles. The van der Waals surface area contributed by atoms with Gasteiger partial charge in [0.25, 0.3) is 0 Å². The molecule has 0 aliphatic heterocycles. The molecule has 3 rings (SSSR count). The van der Waals surface area contributed by atoms with E-state index in [1.54, 1.807) is 24.3 Å². The lowest BCUT2D eigenvalue weighted by molar-refractivity contribution is -0.118. The first-order valence-corrected chi connectivity index (χ1v) is 9.57. The molecule has 0 heterocycles. The summed E-state index contributed by atoms with van der Waals surface area (Å²) in [6, 6.07) is 26.7. The summed E-state index contributed by atoms with van der Waals surface area (Å²) in [4.78, 5) is 23.8. The van der Waals surface area contributed by atoms with Gasteiger partial charge in [0.2, 0.25) is 11.8 Å². The van der Waals surface area contributed by atoms with Crippen LogP contribution in [0.1, 0.15) is 31.0 Å². The van der Waals surface area contributed by atoms with Gasteiger partial charge in [0, 0.05) is 18.3 Å². The van der Waals surface area contributed by atoms with E-state index < -0.39 is 6.04 Å². The molecule has 148 valence electrons. The van der Waals surface area contributed by atoms with Gasteiger partial charge in [-0.25, -0.2) is 0 Å². The third kappa shape index (κ3) is 5.77. The van der Waals surface area contributed by atoms with Crippen LogP contribution in [0.2, 0.25) is 0 Å². The van der Waals surface area contributed by atoms with Gasteiger partial charge in [-0.2, -0.15) is 0 Å². The number of rotatable bonds is 7. The molecule has 5 nitrogen and oxygen atoms in total. The molecule has 0 aliphatic rings. The Labute approximate surface area is 171 Å². The van der Waals surface area contributed by atoms with E-state index >= 15 is 0 Å². The Hall–Kier alpha value is -3.44. The highest BCUT2D eigenvalue weighted by Gasteiger charge is 2.20. The Morgan fingerprint density at radius 1 is 0.690 bits per heavy atom. The van der Waals surface area contributed by atoms with E-state index in [0.717, 1.165) is 11.1 Å². The number of amides is 2. The number of hydrogen-bond donors (Lipinski definition) is 3. The maximum Gasteiger partial charge on any atom is 0.241 e. The Morgan fingerprint density at radius 2 is 1.14 bits per heavy atom. The topological polar surface area (TPSA) is 70.2 Å². The molecule has 5 heteroatoms. The van der Waals surface area contributed by atoms with Crippen LogP contribution in [0.3, 0.4) is 0 Å². The number of carbonyl (C=O) groups excluding carboxylic acids is 2. The van der Waals surface area contributed by atoms with Gasteiger partial charge in [-0.1, -0.05) is 60.7 Å². The Kier molecular flexibility index (Phi) is 6.76. The number of nitrogens with one attached hydrogen (secondary N) is 3. The second-order valence-electron chi connectivity index (χ2n) is 6.89. The molecule has 2 amide bonds. The number of benzene rings is 3. The molecule has 0 spiro atoms. The van der Waals surface area contributed by atoms with E-state index in [2.05, 4.69) is 40.2 Å². The van der Waals surface area contributed by atoms with Crippen molar-refractivity contribution in [3.63, 3.8) is 0 Å². The van der Waals surface area contributed by atoms with Crippen LogP contribution in [0.4, 0.5) is 11.4 Å². The van der Waals surface area contributed by atoms with Crippen molar-refractivity contribution in [1.82, 2.24) is 5.32 Å². The standard InChI is InChI=1S/C24H25N3O2/c1-17(24(29)27-22-15-13-21(14-16-22)26-18(2)28)25-23(19-9-5-3-6-10-19)20-11-7-4-8-12-20/h3-17,23,25H,1-2H3,(H,26,28)(H,27,29). The molecule has 0 saturated carbocycles. The first-order valence-electron chi connectivity index (χ1n) is 9.57. The van der Waals surface area contributed by atoms with Crippen molar-refractivity contribution >= 4 is 23.2 Å². The van der Waals surface area contributed by atoms with Gasteiger partial charge in [0.15, 0.2) is 0 Å². The van der Waals surface area contributed by atoms with Gasteiger partial charge in [0.05, 0.1) is 12.1 Å². The molecular weight excluding hydrogens is 362 g/mol. The van der Waals surface area contributed by atoms with Crippen molar-refractivity contribution < 1.29 is 9.59 Å². The fourth-order valence-corrected chi connectivity index (χ4v) is 3.09. The van der Waals surface area contributed by atoms with Crippen LogP contribution < -0.4 is 16.0 Å². The molecule has 0 bridgehead atoms. The monoisotopic (exact) mass is 387 g/mol. The summed E-state index contributed by atoms with van der Waals surface area (Å²) in [6.45, 7) is 3.30. The molecule has 3 N–H and O–H groups in total. The van der Waals surface area contributed by atoms with E-state index in [1.165, 1.54) is 6.92 Å². The lowest BCUT2D eigenvalue weighted by Gasteiger charge is -2.24. The second-order valence-corrected chi connectivity index (χ2v) is 6.89. The van der Waals surface area contributed by atoms with Gasteiger partial charge in [-0.15, -0.1) is 0 Å². The molecular formula is C24H25N3O2. The molecule has 1 unspecified atom stereocenters. The van der Waals surface area contributed by atoms with Crippen molar-refractivity contribution in [2.75, 3.05) is 10.6 Å². The second kappa shape index (κ2) is 9.66. The lowest BCUT2D eigenvalue weighted by Crippen LogP contribution is -2.40. The Morgan fingerprint density at radius 3 is 1.59 bits per heavy atom. The summed E-state index contributed by atoms with van der Waals surface area (Å²) in [6.07, 6.45) is 0. The zero-order valence-electron chi connectivity index (χ0n) is 16.6. The summed E-state index contributed by atoms with van der Waals surface area (Å²) < 4.78 is 0. The van der Waals surface area contributed by atoms with E-state index in [0.29, 0.717) is 11.4 Å². The molecule has 3 aromatic rings. The van der Waals surface area contributed by atoms with Gasteiger partial charge >= 0.3 is 0 Å². The van der Waals surface area contributed by atoms with Crippen LogP contribution in [0.25, 0.3) is 0 Å². The van der Waals surface area contributed by atoms with Crippen LogP contribution in [-0.2, 0) is 9.59 Å². The maximum absolute atomic E-state index is 12.7. The third-order valence-corrected chi connectivity index (χ3v) is 4.55. The van der Waals surface area contributed by atoms with E-state index in [1.807, 2.05) is 43.3 Å². The molecule has 29 heavy (non-hydrogen) atoms. The molecule has 0 radical (unpaired) electrons.